The van der Waals surface area contributed by atoms with Gasteiger partial charge in [0.1, 0.15) is 5.82 Å². The van der Waals surface area contributed by atoms with Crippen molar-refractivity contribution in [2.24, 2.45) is 0 Å². The molecule has 0 aliphatic carbocycles. The maximum Gasteiger partial charge on any atom is 0.254 e. The van der Waals surface area contributed by atoms with Crippen LogP contribution in [0.4, 0.5) is 4.39 Å². The maximum absolute atomic E-state index is 13.8. The molecule has 18 heavy (non-hydrogen) atoms. The minimum Gasteiger partial charge on any atom is -0.388 e. The van der Waals surface area contributed by atoms with Crippen LogP contribution in [0.3, 0.4) is 0 Å². The number of hydrogen-bond donors (Lipinski definition) is 2. The van der Waals surface area contributed by atoms with Gasteiger partial charge in [0.25, 0.3) is 5.91 Å². The number of rotatable bonds is 3. The molecule has 0 aromatic heterocycles. The molecule has 0 aliphatic rings. The Morgan fingerprint density at radius 3 is 2.39 bits per heavy atom. The van der Waals surface area contributed by atoms with Crippen molar-refractivity contribution in [1.29, 1.82) is 0 Å². The summed E-state index contributed by atoms with van der Waals surface area (Å²) in [6.45, 7) is 6.54. The molecular formula is C13H17BrFNO2. The highest BCUT2D eigenvalue weighted by Crippen LogP contribution is 2.23. The van der Waals surface area contributed by atoms with Crippen LogP contribution >= 0.6 is 15.9 Å². The van der Waals surface area contributed by atoms with E-state index in [0.717, 1.165) is 0 Å². The van der Waals surface area contributed by atoms with Crippen molar-refractivity contribution in [3.63, 3.8) is 0 Å². The number of halogens is 2. The Hall–Kier alpha value is -0.940. The monoisotopic (exact) mass is 317 g/mol. The molecule has 0 saturated carbocycles. The summed E-state index contributed by atoms with van der Waals surface area (Å²) in [5.41, 5.74) is -2.05. The molecule has 1 amide bonds. The lowest BCUT2D eigenvalue weighted by molar-refractivity contribution is -0.00301. The smallest absolute Gasteiger partial charge is 0.254 e. The normalized spacial score (nSPS) is 12.4. The molecule has 2 N–H and O–H groups in total. The first-order valence-corrected chi connectivity index (χ1v) is 6.34. The number of carbonyl (C=O) groups is 1. The molecule has 0 bridgehead atoms. The first-order chi connectivity index (χ1) is 8.06. The van der Waals surface area contributed by atoms with Crippen LogP contribution in [0.25, 0.3) is 0 Å². The fraction of sp³-hybridized carbons (Fsp3) is 0.462. The van der Waals surface area contributed by atoms with E-state index < -0.39 is 22.9 Å². The zero-order chi connectivity index (χ0) is 14.1. The molecule has 0 heterocycles. The van der Waals surface area contributed by atoms with E-state index in [1.165, 1.54) is 12.1 Å². The molecule has 3 nitrogen and oxygen atoms in total. The molecule has 0 radical (unpaired) electrons. The summed E-state index contributed by atoms with van der Waals surface area (Å²) < 4.78 is 14.0. The van der Waals surface area contributed by atoms with Crippen molar-refractivity contribution in [3.05, 3.63) is 34.1 Å². The van der Waals surface area contributed by atoms with Crippen molar-refractivity contribution in [2.75, 3.05) is 0 Å². The molecular weight excluding hydrogens is 301 g/mol. The first-order valence-electron chi connectivity index (χ1n) is 5.55. The quantitative estimate of drug-likeness (QED) is 0.900. The largest absolute Gasteiger partial charge is 0.388 e. The highest BCUT2D eigenvalue weighted by molar-refractivity contribution is 9.10. The lowest BCUT2D eigenvalue weighted by Crippen LogP contribution is -2.57. The van der Waals surface area contributed by atoms with E-state index in [4.69, 9.17) is 0 Å². The van der Waals surface area contributed by atoms with Gasteiger partial charge < -0.3 is 10.4 Å². The minimum atomic E-state index is -1.12. The molecule has 0 spiro atoms. The average molecular weight is 318 g/mol. The van der Waals surface area contributed by atoms with Crippen LogP contribution in [0, 0.1) is 5.82 Å². The van der Waals surface area contributed by atoms with E-state index in [1.54, 1.807) is 33.8 Å². The second-order valence-corrected chi connectivity index (χ2v) is 6.09. The molecule has 0 fully saturated rings. The number of benzene rings is 1. The Bertz CT molecular complexity index is 467. The van der Waals surface area contributed by atoms with Crippen LogP contribution in [0.15, 0.2) is 22.7 Å². The lowest BCUT2D eigenvalue weighted by Gasteiger charge is -2.38. The third kappa shape index (κ3) is 3.09. The van der Waals surface area contributed by atoms with Crippen LogP contribution < -0.4 is 5.32 Å². The molecule has 0 atom stereocenters. The van der Waals surface area contributed by atoms with Gasteiger partial charge in [0.05, 0.1) is 21.2 Å². The molecule has 1 aromatic carbocycles. The maximum atomic E-state index is 13.8. The van der Waals surface area contributed by atoms with E-state index in [9.17, 15) is 14.3 Å². The summed E-state index contributed by atoms with van der Waals surface area (Å²) >= 11 is 3.03. The molecule has 1 rings (SSSR count). The Kier molecular flexibility index (Phi) is 4.18. The van der Waals surface area contributed by atoms with Crippen molar-refractivity contribution in [3.8, 4) is 0 Å². The van der Waals surface area contributed by atoms with Crippen LogP contribution in [0.2, 0.25) is 0 Å². The minimum absolute atomic E-state index is 0.0540. The standard InChI is InChI=1S/C13H17BrFNO2/c1-12(2,13(3,4)18)16-11(17)8-6-5-7-9(14)10(8)15/h5-7,18H,1-4H3,(H,16,17). The van der Waals surface area contributed by atoms with E-state index in [-0.39, 0.29) is 10.0 Å². The third-order valence-electron chi connectivity index (χ3n) is 3.15. The van der Waals surface area contributed by atoms with E-state index in [0.29, 0.717) is 0 Å². The Labute approximate surface area is 115 Å². The van der Waals surface area contributed by atoms with E-state index in [1.807, 2.05) is 0 Å². The molecule has 100 valence electrons. The lowest BCUT2D eigenvalue weighted by atomic mass is 9.85. The van der Waals surface area contributed by atoms with Crippen LogP contribution in [-0.2, 0) is 0 Å². The van der Waals surface area contributed by atoms with Gasteiger partial charge in [-0.05, 0) is 55.8 Å². The third-order valence-corrected chi connectivity index (χ3v) is 3.76. The summed E-state index contributed by atoms with van der Waals surface area (Å²) in [4.78, 5) is 12.0. The number of nitrogens with one attached hydrogen (secondary N) is 1. The van der Waals surface area contributed by atoms with Gasteiger partial charge in [0.2, 0.25) is 0 Å². The second-order valence-electron chi connectivity index (χ2n) is 5.24. The van der Waals surface area contributed by atoms with Crippen molar-refractivity contribution in [2.45, 2.75) is 38.8 Å². The second kappa shape index (κ2) is 4.97. The van der Waals surface area contributed by atoms with Gasteiger partial charge in [-0.2, -0.15) is 0 Å². The number of carbonyl (C=O) groups excluding carboxylic acids is 1. The predicted molar refractivity (Wildman–Crippen MR) is 71.9 cm³/mol. The summed E-state index contributed by atoms with van der Waals surface area (Å²) in [6, 6.07) is 4.50. The zero-order valence-corrected chi connectivity index (χ0v) is 12.4. The van der Waals surface area contributed by atoms with Gasteiger partial charge in [-0.25, -0.2) is 4.39 Å². The van der Waals surface area contributed by atoms with Crippen molar-refractivity contribution < 1.29 is 14.3 Å². The summed E-state index contributed by atoms with van der Waals surface area (Å²) in [6.07, 6.45) is 0. The van der Waals surface area contributed by atoms with E-state index >= 15 is 0 Å². The zero-order valence-electron chi connectivity index (χ0n) is 10.8. The van der Waals surface area contributed by atoms with Crippen LogP contribution in [0.5, 0.6) is 0 Å². The molecule has 0 unspecified atom stereocenters. The Morgan fingerprint density at radius 1 is 1.33 bits per heavy atom. The van der Waals surface area contributed by atoms with Gasteiger partial charge in [-0.15, -0.1) is 0 Å². The van der Waals surface area contributed by atoms with Gasteiger partial charge in [0.15, 0.2) is 0 Å². The molecule has 5 heteroatoms. The summed E-state index contributed by atoms with van der Waals surface area (Å²) in [5, 5.41) is 12.6. The van der Waals surface area contributed by atoms with Crippen LogP contribution in [0.1, 0.15) is 38.1 Å². The average Bonchev–Trinajstić information content (AvgIpc) is 2.19. The van der Waals surface area contributed by atoms with Crippen molar-refractivity contribution in [1.82, 2.24) is 5.32 Å². The van der Waals surface area contributed by atoms with Crippen LogP contribution in [-0.4, -0.2) is 22.2 Å². The summed E-state index contributed by atoms with van der Waals surface area (Å²) in [5.74, 6) is -1.16. The van der Waals surface area contributed by atoms with Crippen molar-refractivity contribution >= 4 is 21.8 Å². The van der Waals surface area contributed by atoms with Gasteiger partial charge in [-0.3, -0.25) is 4.79 Å². The SMILES string of the molecule is CC(C)(O)C(C)(C)NC(=O)c1cccc(Br)c1F. The van der Waals surface area contributed by atoms with E-state index in [2.05, 4.69) is 21.2 Å². The summed E-state index contributed by atoms with van der Waals surface area (Å²) in [7, 11) is 0. The van der Waals surface area contributed by atoms with Gasteiger partial charge in [0, 0.05) is 0 Å². The predicted octanol–water partition coefficient (Wildman–Crippen LogP) is 2.87. The number of hydrogen-bond acceptors (Lipinski definition) is 2. The molecule has 1 aromatic rings. The Morgan fingerprint density at radius 2 is 1.89 bits per heavy atom. The Balaban J connectivity index is 3.00. The fourth-order valence-corrected chi connectivity index (χ4v) is 1.55. The van der Waals surface area contributed by atoms with Gasteiger partial charge >= 0.3 is 0 Å². The number of aliphatic hydroxyl groups is 1. The number of amides is 1. The first kappa shape index (κ1) is 15.1. The highest BCUT2D eigenvalue weighted by Gasteiger charge is 2.36. The fourth-order valence-electron chi connectivity index (χ4n) is 1.18. The highest BCUT2D eigenvalue weighted by atomic mass is 79.9. The van der Waals surface area contributed by atoms with Gasteiger partial charge in [-0.1, -0.05) is 6.07 Å². The topological polar surface area (TPSA) is 49.3 Å². The molecule has 0 saturated heterocycles. The molecule has 0 aliphatic heterocycles.